The van der Waals surface area contributed by atoms with Crippen LogP contribution in [0.25, 0.3) is 0 Å². The van der Waals surface area contributed by atoms with Gasteiger partial charge >= 0.3 is 29.6 Å². The molecule has 0 aliphatic carbocycles. The Morgan fingerprint density at radius 1 is 1.23 bits per heavy atom. The number of hydrogen-bond acceptors (Lipinski definition) is 2. The molecule has 1 rings (SSSR count). The maximum Gasteiger partial charge on any atom is 1.00 e. The number of benzene rings is 1. The van der Waals surface area contributed by atoms with Crippen molar-refractivity contribution in [1.29, 1.82) is 0 Å². The molecule has 13 heavy (non-hydrogen) atoms. The van der Waals surface area contributed by atoms with Crippen LogP contribution in [0.4, 0.5) is 0 Å². The second-order valence-electron chi connectivity index (χ2n) is 2.00. The van der Waals surface area contributed by atoms with Crippen molar-refractivity contribution in [2.45, 2.75) is 11.8 Å². The van der Waals surface area contributed by atoms with E-state index in [1.54, 1.807) is 25.1 Å². The zero-order valence-corrected chi connectivity index (χ0v) is 10.4. The average molecular weight is 214 g/mol. The van der Waals surface area contributed by atoms with E-state index in [9.17, 15) is 8.76 Å². The second kappa shape index (κ2) is 8.83. The molecular weight excluding hydrogens is 203 g/mol. The van der Waals surface area contributed by atoms with E-state index in [1.807, 2.05) is 6.07 Å². The Morgan fingerprint density at radius 3 is 2.00 bits per heavy atom. The maximum absolute atomic E-state index is 10.4. The molecule has 0 amide bonds. The molecule has 0 spiro atoms. The summed E-state index contributed by atoms with van der Waals surface area (Å²) in [5, 5.41) is 0. The molecule has 4 nitrogen and oxygen atoms in total. The van der Waals surface area contributed by atoms with Gasteiger partial charge in [0.1, 0.15) is 0 Å². The van der Waals surface area contributed by atoms with Crippen LogP contribution in [0, 0.1) is 6.92 Å². The molecule has 6 heteroatoms. The molecule has 0 saturated carbocycles. The first-order valence-corrected chi connectivity index (χ1v) is 3.94. The van der Waals surface area contributed by atoms with Crippen LogP contribution >= 0.6 is 0 Å². The van der Waals surface area contributed by atoms with E-state index >= 15 is 0 Å². The fourth-order valence-corrected chi connectivity index (χ4v) is 1.26. The molecule has 0 radical (unpaired) electrons. The maximum atomic E-state index is 10.4. The van der Waals surface area contributed by atoms with Gasteiger partial charge in [0.2, 0.25) is 0 Å². The second-order valence-corrected chi connectivity index (χ2v) is 2.91. The predicted octanol–water partition coefficient (Wildman–Crippen LogP) is -3.41. The Kier molecular flexibility index (Phi) is 12.9. The molecule has 1 atom stereocenters. The summed E-state index contributed by atoms with van der Waals surface area (Å²) in [6.45, 7) is 1.77. The molecule has 70 valence electrons. The van der Waals surface area contributed by atoms with Gasteiger partial charge in [-0.15, -0.1) is 0 Å². The third-order valence-corrected chi connectivity index (χ3v) is 2.09. The van der Waals surface area contributed by atoms with Crippen molar-refractivity contribution in [1.82, 2.24) is 0 Å². The normalized spacial score (nSPS) is 10.0. The Bertz CT molecular complexity index is 266. The van der Waals surface area contributed by atoms with E-state index in [2.05, 4.69) is 0 Å². The number of rotatable bonds is 1. The van der Waals surface area contributed by atoms with Crippen molar-refractivity contribution in [3.05, 3.63) is 29.8 Å². The van der Waals surface area contributed by atoms with Gasteiger partial charge < -0.3 is 15.5 Å². The average Bonchev–Trinajstić information content (AvgIpc) is 1.88. The molecule has 4 N–H and O–H groups in total. The minimum atomic E-state index is -2.09. The van der Waals surface area contributed by atoms with Crippen molar-refractivity contribution >= 4 is 11.1 Å². The Hall–Kier alpha value is 0.250. The topological polar surface area (TPSA) is 103 Å². The Morgan fingerprint density at radius 2 is 1.69 bits per heavy atom. The molecule has 0 aliphatic rings. The monoisotopic (exact) mass is 214 g/mol. The molecule has 1 unspecified atom stereocenters. The molecule has 0 bridgehead atoms. The summed E-state index contributed by atoms with van der Waals surface area (Å²) in [7, 11) is 0. The van der Waals surface area contributed by atoms with E-state index < -0.39 is 11.1 Å². The van der Waals surface area contributed by atoms with Gasteiger partial charge in [-0.05, 0) is 29.6 Å². The molecule has 1 aromatic rings. The van der Waals surface area contributed by atoms with Gasteiger partial charge in [0, 0.05) is 4.90 Å². The van der Waals surface area contributed by atoms with E-state index in [1.165, 1.54) is 0 Å². The van der Waals surface area contributed by atoms with Crippen LogP contribution in [-0.4, -0.2) is 19.7 Å². The third kappa shape index (κ3) is 5.53. The van der Waals surface area contributed by atoms with Crippen LogP contribution in [0.15, 0.2) is 29.2 Å². The quantitative estimate of drug-likeness (QED) is 0.359. The van der Waals surface area contributed by atoms with Crippen molar-refractivity contribution in [3.63, 3.8) is 0 Å². The van der Waals surface area contributed by atoms with Crippen molar-refractivity contribution in [3.8, 4) is 0 Å². The van der Waals surface area contributed by atoms with Crippen molar-refractivity contribution < 1.29 is 49.3 Å². The first-order valence-electron chi connectivity index (χ1n) is 2.86. The number of aryl methyl sites for hydroxylation is 1. The van der Waals surface area contributed by atoms with Crippen LogP contribution in [0.2, 0.25) is 0 Å². The SMILES string of the molecule is Cc1ccccc1S(=O)[O-].O.O.[Na+]. The summed E-state index contributed by atoms with van der Waals surface area (Å²) in [4.78, 5) is 0.377. The van der Waals surface area contributed by atoms with Crippen molar-refractivity contribution in [2.75, 3.05) is 0 Å². The summed E-state index contributed by atoms with van der Waals surface area (Å²) < 4.78 is 20.8. The van der Waals surface area contributed by atoms with E-state index in [-0.39, 0.29) is 40.5 Å². The van der Waals surface area contributed by atoms with Gasteiger partial charge in [-0.3, -0.25) is 4.21 Å². The smallest absolute Gasteiger partial charge is 0.768 e. The van der Waals surface area contributed by atoms with E-state index in [0.29, 0.717) is 4.90 Å². The summed E-state index contributed by atoms with van der Waals surface area (Å²) in [5.41, 5.74) is 0.788. The predicted molar refractivity (Wildman–Crippen MR) is 45.6 cm³/mol. The minimum absolute atomic E-state index is 0. The molecular formula is C7H11NaO4S. The van der Waals surface area contributed by atoms with Crippen LogP contribution in [0.5, 0.6) is 0 Å². The summed E-state index contributed by atoms with van der Waals surface area (Å²) in [6, 6.07) is 6.87. The van der Waals surface area contributed by atoms with Gasteiger partial charge in [0.15, 0.2) is 0 Å². The summed E-state index contributed by atoms with van der Waals surface area (Å²) in [5.74, 6) is 0. The molecule has 0 fully saturated rings. The zero-order valence-electron chi connectivity index (χ0n) is 7.53. The third-order valence-electron chi connectivity index (χ3n) is 1.27. The van der Waals surface area contributed by atoms with Crippen LogP contribution in [-0.2, 0) is 11.1 Å². The van der Waals surface area contributed by atoms with Crippen LogP contribution in [0.1, 0.15) is 5.56 Å². The standard InChI is InChI=1S/C7H8O2S.Na.2H2O/c1-6-4-2-3-5-7(6)10(8)9;;;/h2-5H,1H3,(H,8,9);;2*1H2/q;+1;;/p-1. The zero-order chi connectivity index (χ0) is 7.56. The Balaban J connectivity index is -0.000000333. The fraction of sp³-hybridized carbons (Fsp3) is 0.143. The first-order chi connectivity index (χ1) is 4.72. The van der Waals surface area contributed by atoms with Gasteiger partial charge in [0.25, 0.3) is 0 Å². The molecule has 0 aliphatic heterocycles. The molecule has 0 saturated heterocycles. The minimum Gasteiger partial charge on any atom is -0.768 e. The Labute approximate surface area is 102 Å². The van der Waals surface area contributed by atoms with Crippen molar-refractivity contribution in [2.24, 2.45) is 0 Å². The summed E-state index contributed by atoms with van der Waals surface area (Å²) in [6.07, 6.45) is 0. The molecule has 0 aromatic heterocycles. The van der Waals surface area contributed by atoms with Gasteiger partial charge in [-0.1, -0.05) is 18.2 Å². The van der Waals surface area contributed by atoms with Crippen LogP contribution < -0.4 is 29.6 Å². The summed E-state index contributed by atoms with van der Waals surface area (Å²) >= 11 is -2.09. The number of hydrogen-bond donors (Lipinski definition) is 0. The van der Waals surface area contributed by atoms with Gasteiger partial charge in [-0.2, -0.15) is 0 Å². The van der Waals surface area contributed by atoms with Gasteiger partial charge in [0.05, 0.1) is 0 Å². The first kappa shape index (κ1) is 18.9. The van der Waals surface area contributed by atoms with Crippen LogP contribution in [0.3, 0.4) is 0 Å². The molecule has 1 aromatic carbocycles. The largest absolute Gasteiger partial charge is 1.00 e. The van der Waals surface area contributed by atoms with E-state index in [0.717, 1.165) is 5.56 Å². The van der Waals surface area contributed by atoms with Gasteiger partial charge in [-0.25, -0.2) is 0 Å². The molecule has 0 heterocycles. The fourth-order valence-electron chi connectivity index (χ4n) is 0.743. The van der Waals surface area contributed by atoms with E-state index in [4.69, 9.17) is 0 Å².